The van der Waals surface area contributed by atoms with Crippen LogP contribution in [0.15, 0.2) is 97.6 Å². The molecular formula is C74H102N16O19S2. The van der Waals surface area contributed by atoms with Crippen molar-refractivity contribution in [1.29, 1.82) is 0 Å². The van der Waals surface area contributed by atoms with Crippen molar-refractivity contribution in [2.45, 2.75) is 185 Å². The zero-order valence-corrected chi connectivity index (χ0v) is 64.5. The van der Waals surface area contributed by atoms with Gasteiger partial charge in [0.15, 0.2) is 0 Å². The predicted molar refractivity (Wildman–Crippen MR) is 410 cm³/mol. The van der Waals surface area contributed by atoms with E-state index in [-0.39, 0.29) is 55.1 Å². The van der Waals surface area contributed by atoms with Crippen molar-refractivity contribution in [2.75, 3.05) is 24.7 Å². The van der Waals surface area contributed by atoms with Crippen LogP contribution in [0.3, 0.4) is 0 Å². The number of hydrogen-bond donors (Lipinski definition) is 20. The number of imidazole rings is 1. The number of aromatic amines is 2. The van der Waals surface area contributed by atoms with Gasteiger partial charge in [-0.15, -0.1) is 0 Å². The maximum Gasteiger partial charge on any atom is 0.326 e. The third-order valence-corrected chi connectivity index (χ3v) is 21.0. The maximum atomic E-state index is 15.2. The number of phenols is 1. The molecule has 111 heavy (non-hydrogen) atoms. The van der Waals surface area contributed by atoms with Crippen LogP contribution in [0.2, 0.25) is 0 Å². The Kier molecular flexibility index (Phi) is 35.1. The number of aromatic hydroxyl groups is 1. The Morgan fingerprint density at radius 2 is 1.05 bits per heavy atom. The number of rotatable bonds is 32. The lowest BCUT2D eigenvalue weighted by atomic mass is 9.94. The number of carbonyl (C=O) groups excluding carboxylic acids is 12. The van der Waals surface area contributed by atoms with E-state index in [2.05, 4.69) is 78.8 Å². The van der Waals surface area contributed by atoms with E-state index in [1.54, 1.807) is 110 Å². The number of nitrogens with zero attached hydrogens (tertiary/aromatic N) is 1. The van der Waals surface area contributed by atoms with E-state index in [9.17, 15) is 83.1 Å². The smallest absolute Gasteiger partial charge is 0.326 e. The molecule has 15 atom stereocenters. The van der Waals surface area contributed by atoms with E-state index in [1.165, 1.54) is 36.8 Å². The fourth-order valence-electron chi connectivity index (χ4n) is 11.8. The fraction of sp³-hybridized carbons (Fsp3) is 0.500. The summed E-state index contributed by atoms with van der Waals surface area (Å²) in [5.74, 6) is -18.3. The molecule has 1 aliphatic rings. The number of carboxylic acid groups (broad SMARTS) is 2. The number of aliphatic hydroxyl groups is 2. The van der Waals surface area contributed by atoms with Crippen molar-refractivity contribution < 1.29 is 92.7 Å². The number of nitrogens with one attached hydrogen (secondary N) is 14. The minimum absolute atomic E-state index is 0.122. The molecule has 0 spiro atoms. The summed E-state index contributed by atoms with van der Waals surface area (Å²) >= 11 is 0. The minimum Gasteiger partial charge on any atom is -0.508 e. The number of amides is 12. The molecule has 0 radical (unpaired) electrons. The molecule has 1 fully saturated rings. The second kappa shape index (κ2) is 43.7. The first-order valence-corrected chi connectivity index (χ1v) is 38.9. The number of nitrogens with two attached hydrogens (primary N) is 1. The predicted octanol–water partition coefficient (Wildman–Crippen LogP) is -1.25. The van der Waals surface area contributed by atoms with Gasteiger partial charge in [-0.2, -0.15) is 0 Å². The molecule has 0 aliphatic carbocycles. The third kappa shape index (κ3) is 27.4. The number of phenolic OH excluding ortho intramolecular Hbond substituents is 1. The Morgan fingerprint density at radius 1 is 0.541 bits per heavy atom. The molecule has 2 aromatic heterocycles. The maximum absolute atomic E-state index is 15.2. The zero-order valence-electron chi connectivity index (χ0n) is 62.8. The molecule has 37 heteroatoms. The number of para-hydroxylation sites is 1. The normalized spacial score (nSPS) is 20.8. The van der Waals surface area contributed by atoms with Crippen LogP contribution in [-0.2, 0) is 92.8 Å². The van der Waals surface area contributed by atoms with Crippen molar-refractivity contribution in [1.82, 2.24) is 78.8 Å². The van der Waals surface area contributed by atoms with Crippen LogP contribution in [0.4, 0.5) is 0 Å². The number of benzene rings is 3. The van der Waals surface area contributed by atoms with E-state index in [0.29, 0.717) is 23.1 Å². The highest BCUT2D eigenvalue weighted by Gasteiger charge is 2.40. The molecule has 12 amide bonds. The lowest BCUT2D eigenvalue weighted by Gasteiger charge is -2.31. The van der Waals surface area contributed by atoms with E-state index in [4.69, 9.17) is 5.73 Å². The van der Waals surface area contributed by atoms with Crippen LogP contribution >= 0.6 is 21.6 Å². The Morgan fingerprint density at radius 3 is 1.62 bits per heavy atom. The summed E-state index contributed by atoms with van der Waals surface area (Å²) in [7, 11) is 1.80. The highest BCUT2D eigenvalue weighted by Crippen LogP contribution is 2.25. The lowest BCUT2D eigenvalue weighted by molar-refractivity contribution is -0.142. The van der Waals surface area contributed by atoms with Crippen LogP contribution < -0.4 is 69.5 Å². The Balaban J connectivity index is 1.30. The molecule has 21 N–H and O–H groups in total. The van der Waals surface area contributed by atoms with Gasteiger partial charge in [-0.3, -0.25) is 62.3 Å². The number of carbonyl (C=O) groups is 14. The van der Waals surface area contributed by atoms with Gasteiger partial charge in [-0.25, -0.2) is 9.78 Å². The highest BCUT2D eigenvalue weighted by molar-refractivity contribution is 8.76. The number of hydrogen-bond acceptors (Lipinski definition) is 21. The molecule has 0 unspecified atom stereocenters. The van der Waals surface area contributed by atoms with Gasteiger partial charge >= 0.3 is 11.9 Å². The van der Waals surface area contributed by atoms with Gasteiger partial charge in [0, 0.05) is 60.5 Å². The molecule has 5 aromatic rings. The van der Waals surface area contributed by atoms with Crippen LogP contribution in [0.5, 0.6) is 5.75 Å². The van der Waals surface area contributed by atoms with Gasteiger partial charge in [0.2, 0.25) is 70.9 Å². The largest absolute Gasteiger partial charge is 0.508 e. The molecule has 6 rings (SSSR count). The summed E-state index contributed by atoms with van der Waals surface area (Å²) in [5, 5.41) is 82.5. The highest BCUT2D eigenvalue weighted by atomic mass is 33.1. The standard InChI is InChI=1S/C74H102N16O19S2/c1-9-39(7)60(72(106)84-54(74(108)109)27-43-30-77-48-19-15-14-18-46(43)48)90-73(107)61(40(8)10-2)89-67(101)53(29-58(94)95)82-63(97)49(24-37(3)4)79-66(100)52(28-44-31-76-36-78-44)81-70(104)57-35-111-110-34-47(75)62(96)85-55(32-91)68(102)86-56(33-92)69(103)88-59(38(5)6)71(105)83-51(26-42-20-22-45(93)23-21-42)64(98)80-50(65(99)87-57)25-41-16-12-11-13-17-41/h11-23,30-31,36-40,47,49-57,59-61,77,91-93H,9-10,24-29,32-35,75H2,1-8H3,(H,76,78)(H,79,100)(H,80,98)(H,81,104)(H,82,97)(H,83,105)(H,84,106)(H,85,96)(H,86,102)(H,87,99)(H,88,103)(H,89,101)(H,90,107)(H,94,95)(H,108,109)/t39-,40-,47-,49-,50-,51+,52-,53-,54-,55-,56-,57+,59-,60-,61-/m0/s1. The van der Waals surface area contributed by atoms with E-state index in [0.717, 1.165) is 32.5 Å². The first kappa shape index (κ1) is 89.3. The van der Waals surface area contributed by atoms with Crippen molar-refractivity contribution in [3.8, 4) is 5.75 Å². The molecule has 3 aromatic carbocycles. The summed E-state index contributed by atoms with van der Waals surface area (Å²) in [6.45, 7) is 11.1. The van der Waals surface area contributed by atoms with E-state index >= 15 is 9.59 Å². The molecule has 0 bridgehead atoms. The van der Waals surface area contributed by atoms with Crippen LogP contribution in [0.25, 0.3) is 10.9 Å². The summed E-state index contributed by atoms with van der Waals surface area (Å²) in [5.41, 5.74) is 8.70. The van der Waals surface area contributed by atoms with Crippen molar-refractivity contribution in [3.63, 3.8) is 0 Å². The molecule has 1 aliphatic heterocycles. The number of aliphatic hydroxyl groups excluding tert-OH is 2. The quantitative estimate of drug-likeness (QED) is 0.0224. The summed E-state index contributed by atoms with van der Waals surface area (Å²) in [6.07, 6.45) is 2.62. The van der Waals surface area contributed by atoms with Gasteiger partial charge in [0.25, 0.3) is 0 Å². The van der Waals surface area contributed by atoms with Crippen molar-refractivity contribution in [2.24, 2.45) is 29.4 Å². The molecule has 3 heterocycles. The summed E-state index contributed by atoms with van der Waals surface area (Å²) < 4.78 is 0. The zero-order chi connectivity index (χ0) is 81.8. The monoisotopic (exact) mass is 1580 g/mol. The lowest BCUT2D eigenvalue weighted by Crippen LogP contribution is -2.62. The van der Waals surface area contributed by atoms with Crippen molar-refractivity contribution in [3.05, 3.63) is 120 Å². The van der Waals surface area contributed by atoms with Crippen LogP contribution in [-0.4, -0.2) is 227 Å². The molecule has 1 saturated heterocycles. The van der Waals surface area contributed by atoms with Crippen LogP contribution in [0.1, 0.15) is 103 Å². The second-order valence-corrected chi connectivity index (χ2v) is 30.6. The summed E-state index contributed by atoms with van der Waals surface area (Å²) in [6, 6.07) is 0.460. The van der Waals surface area contributed by atoms with Gasteiger partial charge in [0.05, 0.1) is 37.7 Å². The van der Waals surface area contributed by atoms with Gasteiger partial charge in [0.1, 0.15) is 78.3 Å². The van der Waals surface area contributed by atoms with Gasteiger partial charge < -0.3 is 105 Å². The number of aliphatic carboxylic acids is 2. The third-order valence-electron chi connectivity index (χ3n) is 18.6. The summed E-state index contributed by atoms with van der Waals surface area (Å²) in [4.78, 5) is 208. The number of aromatic nitrogens is 3. The van der Waals surface area contributed by atoms with Crippen molar-refractivity contribution >= 4 is 115 Å². The van der Waals surface area contributed by atoms with E-state index < -0.39 is 211 Å². The van der Waals surface area contributed by atoms with Gasteiger partial charge in [-0.1, -0.05) is 150 Å². The average molecular weight is 1580 g/mol. The van der Waals surface area contributed by atoms with Crippen LogP contribution in [0, 0.1) is 23.7 Å². The molecule has 604 valence electrons. The molecular weight excluding hydrogens is 1480 g/mol. The Hall–Kier alpha value is -10.6. The number of carboxylic acids is 2. The average Bonchev–Trinajstić information content (AvgIpc) is 1.63. The fourth-order valence-corrected chi connectivity index (χ4v) is 14.1. The second-order valence-electron chi connectivity index (χ2n) is 28.0. The topological polar surface area (TPSA) is 555 Å². The van der Waals surface area contributed by atoms with E-state index in [1.807, 2.05) is 6.07 Å². The Labute approximate surface area is 648 Å². The SMILES string of the molecule is CC[C@H](C)[C@H](NC(=O)[C@H](CC(=O)O)NC(=O)[C@H](CC(C)C)NC(=O)[C@H](Cc1c[nH]cn1)NC(=O)[C@H]1CSSC[C@H](N)C(=O)N[C@@H](CO)C(=O)N[C@@H](CO)C(=O)N[C@@H](C(C)C)C(=O)N[C@H](Cc2ccc(O)cc2)C(=O)N[C@@H](Cc2ccccc2)C(=O)N1)C(=O)N[C@H](C(=O)N[C@@H](Cc1c[nH]c2ccccc12)C(=O)O)[C@@H](C)CC. The Bertz CT molecular complexity index is 4020. The number of fused-ring (bicyclic) bond motifs is 1. The minimum atomic E-state index is -1.93. The molecule has 0 saturated carbocycles. The first-order valence-electron chi connectivity index (χ1n) is 36.4. The van der Waals surface area contributed by atoms with Gasteiger partial charge in [-0.05, 0) is 65.0 Å². The molecule has 35 nitrogen and oxygen atoms in total. The first-order chi connectivity index (χ1) is 52.7. The number of H-pyrrole nitrogens is 2.